The van der Waals surface area contributed by atoms with Gasteiger partial charge in [0.15, 0.2) is 30.4 Å². The number of nitrogen functional groups attached to an aromatic ring is 1. The van der Waals surface area contributed by atoms with Gasteiger partial charge >= 0.3 is 17.9 Å². The maximum absolute atomic E-state index is 12.6. The van der Waals surface area contributed by atoms with Crippen LogP contribution >= 0.6 is 11.6 Å². The smallest absolute Gasteiger partial charge is 0.346 e. The molecule has 0 fully saturated rings. The summed E-state index contributed by atoms with van der Waals surface area (Å²) in [5, 5.41) is 16.3. The second-order valence-electron chi connectivity index (χ2n) is 18.9. The average molecular weight is 1410 g/mol. The summed E-state index contributed by atoms with van der Waals surface area (Å²) in [6.07, 6.45) is 27.2. The van der Waals surface area contributed by atoms with Gasteiger partial charge in [0, 0.05) is 107 Å². The Morgan fingerprint density at radius 3 is 1.74 bits per heavy atom. The van der Waals surface area contributed by atoms with Gasteiger partial charge in [-0.05, 0) is 50.1 Å². The van der Waals surface area contributed by atoms with E-state index in [1.165, 1.54) is 19.0 Å². The SMILES string of the molecule is CCOC(=O)CC(=O)N(Cc1cn(C)cn1)[n+]1ccccc1.CCOC(=O)CC([O-])=N[n+]1ccccc1.CCOC(=O)c1c(=O)n(Cc2cn(C)cn2)n2ccccc12.Cn1cnc(CCl)c1.N[n+]1ccccc1.O=c1cc2ccccn2n1Cc1cnc[nH]1.[Cl-].[I-]. The molecular formula is C61H71Cl2IN18O10. The number of alkyl halides is 1. The van der Waals surface area contributed by atoms with Crippen molar-refractivity contribution in [2.45, 2.75) is 59.1 Å². The van der Waals surface area contributed by atoms with Gasteiger partial charge in [0.1, 0.15) is 13.0 Å². The van der Waals surface area contributed by atoms with E-state index >= 15 is 0 Å². The highest BCUT2D eigenvalue weighted by Crippen LogP contribution is 2.12. The van der Waals surface area contributed by atoms with Crippen LogP contribution in [0.1, 0.15) is 66.7 Å². The van der Waals surface area contributed by atoms with E-state index in [0.717, 1.165) is 28.3 Å². The predicted molar refractivity (Wildman–Crippen MR) is 328 cm³/mol. The molecule has 0 aromatic carbocycles. The highest BCUT2D eigenvalue weighted by Gasteiger charge is 2.27. The van der Waals surface area contributed by atoms with Crippen LogP contribution in [0.15, 0.2) is 211 Å². The number of pyridine rings is 5. The Morgan fingerprint density at radius 1 is 0.674 bits per heavy atom. The first-order valence-corrected chi connectivity index (χ1v) is 28.5. The van der Waals surface area contributed by atoms with E-state index in [0.29, 0.717) is 17.9 Å². The molecule has 92 heavy (non-hydrogen) atoms. The van der Waals surface area contributed by atoms with Crippen LogP contribution in [0.25, 0.3) is 11.0 Å². The van der Waals surface area contributed by atoms with Crippen LogP contribution in [0.3, 0.4) is 0 Å². The topological polar surface area (TPSA) is 307 Å². The van der Waals surface area contributed by atoms with Gasteiger partial charge in [-0.1, -0.05) is 44.4 Å². The van der Waals surface area contributed by atoms with E-state index in [2.05, 4.69) is 34.8 Å². The Balaban J connectivity index is 0.000000243. The number of halogens is 3. The van der Waals surface area contributed by atoms with Crippen LogP contribution in [0.4, 0.5) is 0 Å². The number of carbonyl (C=O) groups excluding carboxylic acids is 4. The third-order valence-electron chi connectivity index (χ3n) is 12.0. The Bertz CT molecular complexity index is 4150. The molecule has 11 aromatic heterocycles. The van der Waals surface area contributed by atoms with E-state index < -0.39 is 23.8 Å². The number of hydrogen-bond acceptors (Lipinski definition) is 16. The first-order chi connectivity index (χ1) is 43.5. The van der Waals surface area contributed by atoms with Crippen LogP contribution in [0.5, 0.6) is 0 Å². The third kappa shape index (κ3) is 23.6. The minimum Gasteiger partial charge on any atom is -1.00 e. The van der Waals surface area contributed by atoms with Gasteiger partial charge < -0.3 is 74.4 Å². The van der Waals surface area contributed by atoms with E-state index in [1.807, 2.05) is 120 Å². The number of ether oxygens (including phenoxy) is 3. The fraction of sp³-hybridized carbons (Fsp3) is 0.246. The zero-order chi connectivity index (χ0) is 64.8. The van der Waals surface area contributed by atoms with Crippen molar-refractivity contribution in [1.29, 1.82) is 0 Å². The fourth-order valence-corrected chi connectivity index (χ4v) is 8.22. The van der Waals surface area contributed by atoms with Gasteiger partial charge in [0.25, 0.3) is 17.0 Å². The van der Waals surface area contributed by atoms with Crippen molar-refractivity contribution >= 4 is 52.3 Å². The summed E-state index contributed by atoms with van der Waals surface area (Å²) in [4.78, 5) is 90.7. The Morgan fingerprint density at radius 2 is 1.22 bits per heavy atom. The molecule has 0 atom stereocenters. The number of H-pyrrole nitrogens is 1. The molecule has 0 unspecified atom stereocenters. The summed E-state index contributed by atoms with van der Waals surface area (Å²) >= 11 is 5.46. The molecule has 0 aliphatic carbocycles. The van der Waals surface area contributed by atoms with E-state index in [-0.39, 0.29) is 105 Å². The van der Waals surface area contributed by atoms with Gasteiger partial charge in [-0.15, -0.1) is 16.6 Å². The summed E-state index contributed by atoms with van der Waals surface area (Å²) < 4.78 is 31.1. The standard InChI is InChI=1S/C15H16N4O3.C15H19N4O3.C11H10N4O.C10H12N2O3.C5H7ClN2.C5H7N2.ClH.HI/c1-3-22-15(21)13-12-6-4-5-7-18(12)19(14(13)20)9-11-8-17(2)10-16-11;1-3-22-15(21)9-14(20)19(18-7-5-4-6-8-18)11-13-10-17(2)12-16-13;16-11-5-10-3-1-2-4-14(10)15(11)7-9-6-12-8-13-9;1-2-15-10(14)8-9(13)11-12-6-4-3-5-7-12;1-8-3-5(2-6)7-4-8;6-7-4-2-1-3-5-7;;/h4-8,10H,3,9H2,1-2H3;4-8,10,12H,3,9,11H2,1-2H3;1-6,8H,7H2,(H,12,13);3-7H,2,8H2,1H3;3-4H,2H2,1H3;1-5H,6H2;2*1H/q;+1;;;;+1;;/p-2. The zero-order valence-corrected chi connectivity index (χ0v) is 55.0. The molecule has 0 saturated carbocycles. The maximum atomic E-state index is 12.6. The molecule has 0 aliphatic rings. The molecule has 11 aromatic rings. The predicted octanol–water partition coefficient (Wildman–Crippen LogP) is -3.44. The number of imidazole rings is 4. The lowest BCUT2D eigenvalue weighted by Gasteiger charge is -2.14. The summed E-state index contributed by atoms with van der Waals surface area (Å²) in [6, 6.07) is 29.1. The number of fused-ring (bicyclic) bond motifs is 2. The van der Waals surface area contributed by atoms with Crippen LogP contribution in [0.2, 0.25) is 0 Å². The van der Waals surface area contributed by atoms with Crippen molar-refractivity contribution in [3.05, 3.63) is 246 Å². The number of amides is 1. The molecule has 0 saturated heterocycles. The van der Waals surface area contributed by atoms with Crippen molar-refractivity contribution in [2.75, 3.05) is 30.7 Å². The van der Waals surface area contributed by atoms with Gasteiger partial charge in [-0.2, -0.15) is 0 Å². The van der Waals surface area contributed by atoms with Crippen molar-refractivity contribution in [2.24, 2.45) is 26.2 Å². The molecule has 28 nitrogen and oxygen atoms in total. The molecule has 11 rings (SSSR count). The maximum Gasteiger partial charge on any atom is 0.346 e. The third-order valence-corrected chi connectivity index (χ3v) is 12.3. The van der Waals surface area contributed by atoms with E-state index in [1.54, 1.807) is 150 Å². The van der Waals surface area contributed by atoms with Crippen LogP contribution in [-0.2, 0) is 75.3 Å². The molecule has 0 spiro atoms. The number of carbonyl (C=O) groups is 4. The monoisotopic (exact) mass is 1410 g/mol. The molecule has 0 aliphatic heterocycles. The van der Waals surface area contributed by atoms with Gasteiger partial charge in [-0.25, -0.2) is 39.9 Å². The Kier molecular flexibility index (Phi) is 31.4. The normalized spacial score (nSPS) is 10.3. The number of esters is 3. The Labute approximate surface area is 556 Å². The van der Waals surface area contributed by atoms with Crippen LogP contribution in [0, 0.1) is 0 Å². The number of nitrogens with zero attached hydrogens (tertiary/aromatic N) is 16. The minimum absolute atomic E-state index is 0. The van der Waals surface area contributed by atoms with Crippen molar-refractivity contribution in [3.63, 3.8) is 0 Å². The number of nitrogens with two attached hydrogens (primary N) is 1. The Hall–Kier alpha value is -10.3. The second-order valence-corrected chi connectivity index (χ2v) is 19.2. The van der Waals surface area contributed by atoms with Crippen molar-refractivity contribution in [1.82, 2.24) is 57.0 Å². The van der Waals surface area contributed by atoms with Gasteiger partial charge in [0.2, 0.25) is 12.4 Å². The molecule has 0 bridgehead atoms. The van der Waals surface area contributed by atoms with Crippen LogP contribution < -0.4 is 77.5 Å². The number of rotatable bonds is 17. The quantitative estimate of drug-likeness (QED) is 0.0103. The first-order valence-electron chi connectivity index (χ1n) is 28.0. The van der Waals surface area contributed by atoms with Gasteiger partial charge in [0.05, 0.1) is 104 Å². The summed E-state index contributed by atoms with van der Waals surface area (Å²) in [5.74, 6) is 3.22. The van der Waals surface area contributed by atoms with Crippen molar-refractivity contribution in [3.8, 4) is 0 Å². The summed E-state index contributed by atoms with van der Waals surface area (Å²) in [7, 11) is 5.64. The summed E-state index contributed by atoms with van der Waals surface area (Å²) in [6.45, 7) is 6.90. The number of aromatic amines is 1. The minimum atomic E-state index is -0.601. The summed E-state index contributed by atoms with van der Waals surface area (Å²) in [5.41, 5.74) is 4.39. The molecule has 486 valence electrons. The van der Waals surface area contributed by atoms with Crippen LogP contribution in [-0.4, -0.2) is 107 Å². The highest BCUT2D eigenvalue weighted by molar-refractivity contribution is 6.16. The lowest BCUT2D eigenvalue weighted by Crippen LogP contribution is -3.00. The number of aromatic nitrogens is 15. The fourth-order valence-electron chi connectivity index (χ4n) is 8.08. The molecule has 0 radical (unpaired) electrons. The number of nitrogens with one attached hydrogen (secondary N) is 1. The molecule has 1 amide bonds. The largest absolute Gasteiger partial charge is 1.00 e. The number of hydrogen-bond donors (Lipinski definition) is 2. The lowest BCUT2D eigenvalue weighted by molar-refractivity contribution is -0.685. The van der Waals surface area contributed by atoms with Crippen molar-refractivity contribution < 1.29 is 88.9 Å². The average Bonchev–Trinajstić information content (AvgIpc) is 1.63. The highest BCUT2D eigenvalue weighted by atomic mass is 127. The number of aryl methyl sites for hydroxylation is 3. The molecule has 11 heterocycles. The van der Waals surface area contributed by atoms with E-state index in [4.69, 9.17) is 26.9 Å². The zero-order valence-electron chi connectivity index (χ0n) is 51.3. The second kappa shape index (κ2) is 39.0. The lowest BCUT2D eigenvalue weighted by atomic mass is 10.2. The van der Waals surface area contributed by atoms with Gasteiger partial charge in [-0.3, -0.25) is 33.0 Å². The molecule has 3 N–H and O–H groups in total. The molecular weight excluding hydrogens is 1340 g/mol. The first kappa shape index (κ1) is 74.2. The molecule has 31 heteroatoms. The van der Waals surface area contributed by atoms with E-state index in [9.17, 15) is 33.9 Å².